The van der Waals surface area contributed by atoms with Crippen LogP contribution in [0.25, 0.3) is 0 Å². The average molecular weight is 418 g/mol. The van der Waals surface area contributed by atoms with Crippen molar-refractivity contribution in [1.29, 1.82) is 5.41 Å². The van der Waals surface area contributed by atoms with Crippen molar-refractivity contribution in [2.45, 2.75) is 40.9 Å². The summed E-state index contributed by atoms with van der Waals surface area (Å²) in [6, 6.07) is -1.58. The monoisotopic (exact) mass is 418 g/mol. The highest BCUT2D eigenvalue weighted by Crippen LogP contribution is 2.44. The van der Waals surface area contributed by atoms with Gasteiger partial charge >= 0.3 is 11.0 Å². The van der Waals surface area contributed by atoms with E-state index in [1.807, 2.05) is 5.32 Å². The van der Waals surface area contributed by atoms with Gasteiger partial charge in [-0.1, -0.05) is 6.42 Å². The van der Waals surface area contributed by atoms with Crippen LogP contribution in [0.4, 0.5) is 26.3 Å². The molecule has 1 amide bonds. The summed E-state index contributed by atoms with van der Waals surface area (Å²) in [5.41, 5.74) is -12.5. The average Bonchev–Trinajstić information content (AvgIpc) is 2.83. The zero-order valence-corrected chi connectivity index (χ0v) is 13.7. The molecule has 1 aliphatic carbocycles. The van der Waals surface area contributed by atoms with E-state index >= 15 is 0 Å². The minimum absolute atomic E-state index is 0.106. The highest BCUT2D eigenvalue weighted by molar-refractivity contribution is 8.09. The zero-order chi connectivity index (χ0) is 19.8. The smallest absolute Gasteiger partial charge is 0.348 e. The fourth-order valence-corrected chi connectivity index (χ4v) is 6.70. The van der Waals surface area contributed by atoms with Crippen LogP contribution in [0.2, 0.25) is 0 Å². The Labute approximate surface area is 138 Å². The summed E-state index contributed by atoms with van der Waals surface area (Å²) in [5, 5.41) is 8.52. The van der Waals surface area contributed by atoms with E-state index in [4.69, 9.17) is 5.41 Å². The molecule has 2 atom stereocenters. The number of sulfone groups is 2. The SMILES string of the molecule is N=CC(=O)NC1CCCC1C(S(=O)(=O)C(F)(F)F)S(=O)(=O)C(F)(F)F. The van der Waals surface area contributed by atoms with Crippen LogP contribution in [0.1, 0.15) is 19.3 Å². The van der Waals surface area contributed by atoms with E-state index in [9.17, 15) is 48.0 Å². The Morgan fingerprint density at radius 2 is 1.44 bits per heavy atom. The van der Waals surface area contributed by atoms with Crippen molar-refractivity contribution in [2.75, 3.05) is 0 Å². The Morgan fingerprint density at radius 1 is 1.00 bits per heavy atom. The van der Waals surface area contributed by atoms with Gasteiger partial charge in [-0.05, 0) is 12.8 Å². The second kappa shape index (κ2) is 6.74. The Hall–Kier alpha value is -1.38. The molecule has 1 aliphatic rings. The maximum absolute atomic E-state index is 12.8. The minimum atomic E-state index is -6.75. The summed E-state index contributed by atoms with van der Waals surface area (Å²) in [6.07, 6.45) is -0.772. The minimum Gasteiger partial charge on any atom is -0.348 e. The molecule has 0 aromatic carbocycles. The van der Waals surface area contributed by atoms with E-state index in [1.54, 1.807) is 0 Å². The number of hydrogen-bond acceptors (Lipinski definition) is 6. The highest BCUT2D eigenvalue weighted by atomic mass is 32.3. The summed E-state index contributed by atoms with van der Waals surface area (Å²) in [6.45, 7) is 0. The fourth-order valence-electron chi connectivity index (χ4n) is 2.61. The molecule has 1 saturated carbocycles. The molecule has 0 spiro atoms. The molecule has 0 heterocycles. The van der Waals surface area contributed by atoms with Crippen LogP contribution in [0.3, 0.4) is 0 Å². The molecule has 0 aromatic rings. The summed E-state index contributed by atoms with van der Waals surface area (Å²) < 4.78 is 119. The fraction of sp³-hybridized carbons (Fsp3) is 0.800. The molecule has 146 valence electrons. The summed E-state index contributed by atoms with van der Waals surface area (Å²) in [7, 11) is -13.5. The molecule has 0 saturated heterocycles. The summed E-state index contributed by atoms with van der Waals surface area (Å²) in [5.74, 6) is -3.37. The lowest BCUT2D eigenvalue weighted by atomic mass is 10.1. The molecule has 7 nitrogen and oxygen atoms in total. The number of carbonyl (C=O) groups is 1. The van der Waals surface area contributed by atoms with Crippen molar-refractivity contribution in [3.63, 3.8) is 0 Å². The lowest BCUT2D eigenvalue weighted by Gasteiger charge is -2.29. The molecule has 0 aliphatic heterocycles. The van der Waals surface area contributed by atoms with Crippen LogP contribution in [0.5, 0.6) is 0 Å². The quantitative estimate of drug-likeness (QED) is 0.512. The van der Waals surface area contributed by atoms with E-state index < -0.39 is 59.6 Å². The Bertz CT molecular complexity index is 699. The van der Waals surface area contributed by atoms with Crippen molar-refractivity contribution < 1.29 is 48.0 Å². The lowest BCUT2D eigenvalue weighted by molar-refractivity contribution is -0.115. The maximum Gasteiger partial charge on any atom is 0.498 e. The standard InChI is InChI=1S/C10H12F6N2O5S2/c11-9(12,13)24(20,21)8(25(22,23)10(14,15)16)5-2-1-3-6(5)18-7(19)4-17/h4-6,8,17H,1-3H2,(H,18,19). The predicted molar refractivity (Wildman–Crippen MR) is 71.8 cm³/mol. The van der Waals surface area contributed by atoms with E-state index in [1.165, 1.54) is 0 Å². The molecule has 1 rings (SSSR count). The molecule has 0 bridgehead atoms. The van der Waals surface area contributed by atoms with Gasteiger partial charge in [-0.25, -0.2) is 16.8 Å². The molecule has 0 radical (unpaired) electrons. The van der Waals surface area contributed by atoms with Crippen LogP contribution < -0.4 is 5.32 Å². The summed E-state index contributed by atoms with van der Waals surface area (Å²) >= 11 is 0. The first-order valence-corrected chi connectivity index (χ1v) is 9.58. The van der Waals surface area contributed by atoms with Gasteiger partial charge in [0.05, 0.1) is 6.21 Å². The van der Waals surface area contributed by atoms with Gasteiger partial charge in [0, 0.05) is 12.0 Å². The topological polar surface area (TPSA) is 121 Å². The number of nitrogens with one attached hydrogen (secondary N) is 2. The van der Waals surface area contributed by atoms with Gasteiger partial charge in [-0.15, -0.1) is 0 Å². The number of rotatable bonds is 5. The third kappa shape index (κ3) is 4.07. The largest absolute Gasteiger partial charge is 0.498 e. The van der Waals surface area contributed by atoms with Crippen molar-refractivity contribution in [2.24, 2.45) is 5.92 Å². The van der Waals surface area contributed by atoms with E-state index in [0.717, 1.165) is 0 Å². The Balaban J connectivity index is 3.53. The van der Waals surface area contributed by atoms with Gasteiger partial charge in [0.15, 0.2) is 4.58 Å². The third-order valence-electron chi connectivity index (χ3n) is 3.63. The maximum atomic E-state index is 12.8. The molecule has 0 aromatic heterocycles. The van der Waals surface area contributed by atoms with Crippen LogP contribution in [0, 0.1) is 11.3 Å². The van der Waals surface area contributed by atoms with E-state index in [2.05, 4.69) is 0 Å². The van der Waals surface area contributed by atoms with Gasteiger partial charge in [0.1, 0.15) is 0 Å². The van der Waals surface area contributed by atoms with Crippen molar-refractivity contribution in [3.05, 3.63) is 0 Å². The number of alkyl halides is 6. The zero-order valence-electron chi connectivity index (χ0n) is 12.1. The first kappa shape index (κ1) is 21.7. The third-order valence-corrected chi connectivity index (χ3v) is 8.37. The Morgan fingerprint density at radius 3 is 1.80 bits per heavy atom. The molecular formula is C10H12F6N2O5S2. The molecular weight excluding hydrogens is 406 g/mol. The Kier molecular flexibility index (Phi) is 5.84. The number of amides is 1. The second-order valence-corrected chi connectivity index (χ2v) is 9.62. The number of carbonyl (C=O) groups excluding carboxylic acids is 1. The van der Waals surface area contributed by atoms with Crippen molar-refractivity contribution >= 4 is 31.8 Å². The lowest BCUT2D eigenvalue weighted by Crippen LogP contribution is -2.53. The highest BCUT2D eigenvalue weighted by Gasteiger charge is 2.66. The summed E-state index contributed by atoms with van der Waals surface area (Å²) in [4.78, 5) is 11.1. The molecule has 15 heteroatoms. The molecule has 25 heavy (non-hydrogen) atoms. The molecule has 1 fully saturated rings. The van der Waals surface area contributed by atoms with E-state index in [-0.39, 0.29) is 19.1 Å². The first-order chi connectivity index (χ1) is 11.1. The van der Waals surface area contributed by atoms with Gasteiger partial charge < -0.3 is 10.7 Å². The normalized spacial score (nSPS) is 22.8. The predicted octanol–water partition coefficient (Wildman–Crippen LogP) is 1.12. The molecule has 2 unspecified atom stereocenters. The van der Waals surface area contributed by atoms with E-state index in [0.29, 0.717) is 0 Å². The van der Waals surface area contributed by atoms with Crippen molar-refractivity contribution in [3.8, 4) is 0 Å². The first-order valence-electron chi connectivity index (χ1n) is 6.48. The van der Waals surface area contributed by atoms with Crippen LogP contribution in [0.15, 0.2) is 0 Å². The van der Waals surface area contributed by atoms with Gasteiger partial charge in [0.2, 0.25) is 0 Å². The van der Waals surface area contributed by atoms with Gasteiger partial charge in [-0.3, -0.25) is 4.79 Å². The van der Waals surface area contributed by atoms with Gasteiger partial charge in [0.25, 0.3) is 25.6 Å². The van der Waals surface area contributed by atoms with Crippen LogP contribution in [-0.2, 0) is 24.5 Å². The molecule has 2 N–H and O–H groups in total. The van der Waals surface area contributed by atoms with Crippen LogP contribution >= 0.6 is 0 Å². The van der Waals surface area contributed by atoms with Crippen LogP contribution in [-0.4, -0.2) is 50.6 Å². The number of halogens is 6. The van der Waals surface area contributed by atoms with Crippen molar-refractivity contribution in [1.82, 2.24) is 5.32 Å². The second-order valence-electron chi connectivity index (χ2n) is 5.20. The van der Waals surface area contributed by atoms with Gasteiger partial charge in [-0.2, -0.15) is 26.3 Å². The number of hydrogen-bond donors (Lipinski definition) is 2.